The summed E-state index contributed by atoms with van der Waals surface area (Å²) >= 11 is 0. The Bertz CT molecular complexity index is 595. The van der Waals surface area contributed by atoms with Gasteiger partial charge in [-0.25, -0.2) is 4.79 Å². The maximum Gasteiger partial charge on any atom is 0.335 e. The molecule has 15 N–H and O–H groups in total. The molecule has 0 aromatic heterocycles. The van der Waals surface area contributed by atoms with Gasteiger partial charge in [0, 0.05) is 0 Å². The van der Waals surface area contributed by atoms with Crippen LogP contribution in [-0.4, -0.2) is 189 Å². The van der Waals surface area contributed by atoms with Crippen molar-refractivity contribution in [2.75, 3.05) is 26.4 Å². The van der Waals surface area contributed by atoms with E-state index in [4.69, 9.17) is 55.4 Å². The normalized spacial score (nSPS) is 31.1. The van der Waals surface area contributed by atoms with Crippen LogP contribution >= 0.6 is 0 Å². The van der Waals surface area contributed by atoms with Crippen LogP contribution in [0.2, 0.25) is 0 Å². The van der Waals surface area contributed by atoms with Gasteiger partial charge in [0.05, 0.1) is 26.4 Å². The second-order valence-corrected chi connectivity index (χ2v) is 7.80. The first kappa shape index (κ1) is 34.8. The molecule has 1 aliphatic heterocycles. The third-order valence-electron chi connectivity index (χ3n) is 5.13. The lowest BCUT2D eigenvalue weighted by Gasteiger charge is -2.42. The molecule has 0 radical (unpaired) electrons. The Morgan fingerprint density at radius 2 is 1.14 bits per heavy atom. The Kier molecular flexibility index (Phi) is 16.1. The van der Waals surface area contributed by atoms with Gasteiger partial charge in [-0.05, 0) is 0 Å². The summed E-state index contributed by atoms with van der Waals surface area (Å²) in [7, 11) is 0. The number of ether oxygens (including phenoxy) is 2. The van der Waals surface area contributed by atoms with E-state index in [1.807, 2.05) is 0 Å². The molecule has 0 aromatic rings. The van der Waals surface area contributed by atoms with Gasteiger partial charge in [0.2, 0.25) is 0 Å². The number of carbonyl (C=O) groups is 1. The average Bonchev–Trinajstić information content (AvgIpc) is 2.88. The van der Waals surface area contributed by atoms with E-state index in [-0.39, 0.29) is 0 Å². The Morgan fingerprint density at radius 3 is 1.50 bits per heavy atom. The molecule has 0 unspecified atom stereocenters. The summed E-state index contributed by atoms with van der Waals surface area (Å²) in [6.07, 6.45) is -23.3. The van der Waals surface area contributed by atoms with Crippen LogP contribution < -0.4 is 0 Å². The molecule has 18 heteroatoms. The number of carboxylic acids is 1. The first-order valence-corrected chi connectivity index (χ1v) is 10.5. The second-order valence-electron chi connectivity index (χ2n) is 7.80. The molecule has 0 saturated carbocycles. The highest BCUT2D eigenvalue weighted by atomic mass is 16.7. The van der Waals surface area contributed by atoms with E-state index in [1.54, 1.807) is 0 Å². The third kappa shape index (κ3) is 9.61. The van der Waals surface area contributed by atoms with E-state index >= 15 is 0 Å². The standard InChI is InChI=1S/C12H22O12.C6H14O6/c13-1-3(15)10(7(18)8(19)11(21)22)24-12-9(20)6(17)5(16)4(2-14)23-12;7-1-3(9)5(11)6(12)4(10)2-8/h3-10,12-20H,1-2H2,(H,21,22);3-12H,1-2H2/t3-,4-,5+,6+,7-,8-,9-,10-,12+;3-,4-,5-,6-/m11/s1. The van der Waals surface area contributed by atoms with Crippen LogP contribution in [0.25, 0.3) is 0 Å². The fraction of sp³-hybridized carbons (Fsp3) is 0.944. The summed E-state index contributed by atoms with van der Waals surface area (Å²) in [6, 6.07) is 0. The number of hydrogen-bond donors (Lipinski definition) is 15. The van der Waals surface area contributed by atoms with Gasteiger partial charge in [-0.2, -0.15) is 0 Å². The fourth-order valence-corrected chi connectivity index (χ4v) is 2.83. The summed E-state index contributed by atoms with van der Waals surface area (Å²) in [5, 5.41) is 137. The number of carboxylic acid groups (broad SMARTS) is 1. The first-order chi connectivity index (χ1) is 16.7. The highest BCUT2D eigenvalue weighted by Gasteiger charge is 2.47. The lowest BCUT2D eigenvalue weighted by molar-refractivity contribution is -0.326. The van der Waals surface area contributed by atoms with Crippen molar-refractivity contribution < 1.29 is 90.9 Å². The Morgan fingerprint density at radius 1 is 0.694 bits per heavy atom. The molecule has 1 rings (SSSR count). The molecular weight excluding hydrogens is 504 g/mol. The van der Waals surface area contributed by atoms with Crippen LogP contribution in [0, 0.1) is 0 Å². The number of rotatable bonds is 13. The molecule has 1 fully saturated rings. The van der Waals surface area contributed by atoms with Crippen molar-refractivity contribution in [1.29, 1.82) is 0 Å². The molecule has 0 amide bonds. The topological polar surface area (TPSA) is 339 Å². The van der Waals surface area contributed by atoms with Crippen molar-refractivity contribution in [2.45, 2.75) is 79.5 Å². The minimum absolute atomic E-state index is 0.726. The monoisotopic (exact) mass is 540 g/mol. The van der Waals surface area contributed by atoms with Crippen LogP contribution in [0.4, 0.5) is 0 Å². The Hall–Kier alpha value is -1.17. The number of hydrogen-bond acceptors (Lipinski definition) is 17. The molecular formula is C18H36O18. The van der Waals surface area contributed by atoms with Gasteiger partial charge in [-0.1, -0.05) is 0 Å². The van der Waals surface area contributed by atoms with Crippen molar-refractivity contribution in [1.82, 2.24) is 0 Å². The van der Waals surface area contributed by atoms with Crippen molar-refractivity contribution >= 4 is 5.97 Å². The van der Waals surface area contributed by atoms with Gasteiger partial charge < -0.3 is 86.1 Å². The average molecular weight is 540 g/mol. The SMILES string of the molecule is O=C(O)[C@H](O)[C@@H](O)[C@H](O[C@@H]1O[C@H](CO)[C@H](O)[C@H](O)[C@H]1O)[C@H](O)CO.OC[C@@H](O)[C@@H](O)[C@H](O)[C@H](O)CO. The van der Waals surface area contributed by atoms with E-state index in [0.717, 1.165) is 0 Å². The summed E-state index contributed by atoms with van der Waals surface area (Å²) < 4.78 is 9.98. The van der Waals surface area contributed by atoms with Crippen LogP contribution in [0.5, 0.6) is 0 Å². The van der Waals surface area contributed by atoms with Crippen molar-refractivity contribution in [3.05, 3.63) is 0 Å². The number of aliphatic carboxylic acids is 1. The summed E-state index contributed by atoms with van der Waals surface area (Å²) in [5.41, 5.74) is 0. The van der Waals surface area contributed by atoms with Gasteiger partial charge in [0.15, 0.2) is 12.4 Å². The predicted molar refractivity (Wildman–Crippen MR) is 110 cm³/mol. The van der Waals surface area contributed by atoms with Crippen LogP contribution in [0.15, 0.2) is 0 Å². The zero-order valence-corrected chi connectivity index (χ0v) is 18.8. The molecule has 216 valence electrons. The van der Waals surface area contributed by atoms with Gasteiger partial charge in [-0.3, -0.25) is 0 Å². The van der Waals surface area contributed by atoms with E-state index in [0.29, 0.717) is 0 Å². The predicted octanol–water partition coefficient (Wildman–Crippen LogP) is -9.25. The minimum Gasteiger partial charge on any atom is -0.479 e. The lowest BCUT2D eigenvalue weighted by atomic mass is 9.98. The maximum atomic E-state index is 10.7. The molecule has 0 aliphatic carbocycles. The molecule has 1 heterocycles. The number of aliphatic hydroxyl groups is 14. The van der Waals surface area contributed by atoms with Crippen LogP contribution in [-0.2, 0) is 14.3 Å². The molecule has 1 aliphatic rings. The second kappa shape index (κ2) is 16.6. The van der Waals surface area contributed by atoms with E-state index < -0.39 is 112 Å². The zero-order valence-electron chi connectivity index (χ0n) is 18.8. The van der Waals surface area contributed by atoms with Gasteiger partial charge in [0.25, 0.3) is 0 Å². The van der Waals surface area contributed by atoms with Crippen LogP contribution in [0.1, 0.15) is 0 Å². The quantitative estimate of drug-likeness (QED) is 0.103. The minimum atomic E-state index is -2.39. The molecule has 13 atom stereocenters. The molecule has 36 heavy (non-hydrogen) atoms. The summed E-state index contributed by atoms with van der Waals surface area (Å²) in [4.78, 5) is 10.7. The summed E-state index contributed by atoms with van der Waals surface area (Å²) in [6.45, 7) is -3.21. The maximum absolute atomic E-state index is 10.7. The highest BCUT2D eigenvalue weighted by molar-refractivity contribution is 5.72. The van der Waals surface area contributed by atoms with Crippen molar-refractivity contribution in [3.8, 4) is 0 Å². The van der Waals surface area contributed by atoms with Gasteiger partial charge >= 0.3 is 5.97 Å². The van der Waals surface area contributed by atoms with Crippen molar-refractivity contribution in [2.24, 2.45) is 0 Å². The first-order valence-electron chi connectivity index (χ1n) is 10.5. The van der Waals surface area contributed by atoms with Gasteiger partial charge in [0.1, 0.15) is 67.1 Å². The van der Waals surface area contributed by atoms with Crippen LogP contribution in [0.3, 0.4) is 0 Å². The molecule has 0 bridgehead atoms. The largest absolute Gasteiger partial charge is 0.479 e. The smallest absolute Gasteiger partial charge is 0.335 e. The summed E-state index contributed by atoms with van der Waals surface area (Å²) in [5.74, 6) is -1.84. The molecule has 0 aromatic carbocycles. The molecule has 0 spiro atoms. The zero-order chi connectivity index (χ0) is 28.3. The van der Waals surface area contributed by atoms with E-state index in [1.165, 1.54) is 0 Å². The molecule has 18 nitrogen and oxygen atoms in total. The van der Waals surface area contributed by atoms with E-state index in [9.17, 15) is 35.4 Å². The van der Waals surface area contributed by atoms with E-state index in [2.05, 4.69) is 0 Å². The Balaban J connectivity index is 0.000000860. The Labute approximate surface area is 203 Å². The fourth-order valence-electron chi connectivity index (χ4n) is 2.83. The highest BCUT2D eigenvalue weighted by Crippen LogP contribution is 2.25. The lowest BCUT2D eigenvalue weighted by Crippen LogP contribution is -2.61. The third-order valence-corrected chi connectivity index (χ3v) is 5.13. The molecule has 1 saturated heterocycles. The van der Waals surface area contributed by atoms with Crippen molar-refractivity contribution in [3.63, 3.8) is 0 Å². The van der Waals surface area contributed by atoms with Gasteiger partial charge in [-0.15, -0.1) is 0 Å². The number of aliphatic hydroxyl groups excluding tert-OH is 14.